The molecule has 0 nitrogen and oxygen atoms in total. The third-order valence-corrected chi connectivity index (χ3v) is 25.4. The molecule has 0 bridgehead atoms. The number of hydrogen-bond acceptors (Lipinski definition) is 0. The molecule has 0 N–H and O–H groups in total. The maximum atomic E-state index is 2.62. The number of rotatable bonds is 3. The summed E-state index contributed by atoms with van der Waals surface area (Å²) in [5.41, 5.74) is 7.22. The predicted molar refractivity (Wildman–Crippen MR) is 109 cm³/mol. The fourth-order valence-electron chi connectivity index (χ4n) is 4.59. The van der Waals surface area contributed by atoms with E-state index in [1.807, 2.05) is 6.56 Å². The fraction of sp³-hybridized carbons (Fsp3) is 0.636. The number of hydrogen-bond donors (Lipinski definition) is 0. The van der Waals surface area contributed by atoms with E-state index in [9.17, 15) is 0 Å². The molecule has 2 aliphatic carbocycles. The van der Waals surface area contributed by atoms with Crippen LogP contribution in [0.4, 0.5) is 0 Å². The van der Waals surface area contributed by atoms with Crippen LogP contribution in [0, 0.1) is 10.8 Å². The molecule has 2 rings (SSSR count). The first-order chi connectivity index (χ1) is 10.9. The Hall–Kier alpha value is 0.640. The van der Waals surface area contributed by atoms with E-state index in [1.54, 1.807) is 22.3 Å². The zero-order valence-corrected chi connectivity index (χ0v) is 23.5. The first kappa shape index (κ1) is 26.6. The summed E-state index contributed by atoms with van der Waals surface area (Å²) >= 11 is -1.66. The monoisotopic (exact) mass is 489 g/mol. The van der Waals surface area contributed by atoms with Gasteiger partial charge in [-0.05, 0) is 0 Å². The van der Waals surface area contributed by atoms with Gasteiger partial charge in [-0.3, -0.25) is 0 Å². The van der Waals surface area contributed by atoms with Crippen LogP contribution in [0.3, 0.4) is 0 Å². The quantitative estimate of drug-likeness (QED) is 0.515. The van der Waals surface area contributed by atoms with Gasteiger partial charge in [0.15, 0.2) is 0 Å². The summed E-state index contributed by atoms with van der Waals surface area (Å²) in [6.07, 6.45) is 7.65. The molecule has 0 heterocycles. The van der Waals surface area contributed by atoms with Gasteiger partial charge in [-0.15, -0.1) is 0 Å². The molecule has 0 saturated carbocycles. The average Bonchev–Trinajstić information content (AvgIpc) is 2.94. The minimum Gasteiger partial charge on any atom is -1.00 e. The van der Waals surface area contributed by atoms with Crippen molar-refractivity contribution in [2.75, 3.05) is 0 Å². The summed E-state index contributed by atoms with van der Waals surface area (Å²) in [5, 5.41) is 0. The van der Waals surface area contributed by atoms with Crippen LogP contribution >= 0.6 is 0 Å². The normalized spacial score (nSPS) is 18.0. The van der Waals surface area contributed by atoms with E-state index >= 15 is 0 Å². The van der Waals surface area contributed by atoms with Crippen LogP contribution in [0.2, 0.25) is 13.1 Å². The van der Waals surface area contributed by atoms with E-state index in [1.165, 1.54) is 12.8 Å². The number of halogens is 2. The van der Waals surface area contributed by atoms with Crippen LogP contribution in [-0.4, -0.2) is 5.92 Å². The maximum absolute atomic E-state index is 2.62. The smallest absolute Gasteiger partial charge is 1.00 e. The molecule has 0 unspecified atom stereocenters. The molecule has 0 fully saturated rings. The fourth-order valence-corrected chi connectivity index (χ4v) is 25.3. The average molecular weight is 492 g/mol. The molecule has 147 valence electrons. The van der Waals surface area contributed by atoms with Gasteiger partial charge in [0.05, 0.1) is 0 Å². The summed E-state index contributed by atoms with van der Waals surface area (Å²) in [6.45, 7) is 24.4. The minimum absolute atomic E-state index is 0. The van der Waals surface area contributed by atoms with Gasteiger partial charge in [-0.1, -0.05) is 0 Å². The van der Waals surface area contributed by atoms with E-state index in [4.69, 9.17) is 0 Å². The van der Waals surface area contributed by atoms with Crippen molar-refractivity contribution in [3.05, 3.63) is 41.0 Å². The van der Waals surface area contributed by atoms with Crippen LogP contribution in [0.25, 0.3) is 0 Å². The topological polar surface area (TPSA) is 0 Å². The maximum Gasteiger partial charge on any atom is -1.00 e. The molecular formula is C22H37Cl2SiZr. The van der Waals surface area contributed by atoms with Gasteiger partial charge in [-0.25, -0.2) is 0 Å². The molecule has 0 spiro atoms. The first-order valence-electron chi connectivity index (χ1n) is 9.54. The zero-order valence-electron chi connectivity index (χ0n) is 18.4. The predicted octanol–water partition coefficient (Wildman–Crippen LogP) is 0.896. The molecule has 26 heavy (non-hydrogen) atoms. The van der Waals surface area contributed by atoms with E-state index in [-0.39, 0.29) is 24.8 Å². The second-order valence-electron chi connectivity index (χ2n) is 9.92. The van der Waals surface area contributed by atoms with E-state index in [2.05, 4.69) is 80.6 Å². The zero-order chi connectivity index (χ0) is 18.4. The van der Waals surface area contributed by atoms with Crippen molar-refractivity contribution in [2.45, 2.75) is 81.3 Å². The second kappa shape index (κ2) is 9.43. The van der Waals surface area contributed by atoms with Crippen LogP contribution in [0.15, 0.2) is 41.0 Å². The Morgan fingerprint density at radius 3 is 1.23 bits per heavy atom. The van der Waals surface area contributed by atoms with Gasteiger partial charge < -0.3 is 24.8 Å². The third-order valence-electron chi connectivity index (χ3n) is 5.58. The molecule has 0 aromatic carbocycles. The van der Waals surface area contributed by atoms with Crippen LogP contribution < -0.4 is 24.8 Å². The van der Waals surface area contributed by atoms with Gasteiger partial charge >= 0.3 is 160 Å². The van der Waals surface area contributed by atoms with Crippen molar-refractivity contribution in [3.63, 3.8) is 0 Å². The second-order valence-corrected chi connectivity index (χ2v) is 29.2. The van der Waals surface area contributed by atoms with Crippen molar-refractivity contribution in [1.29, 1.82) is 0 Å². The van der Waals surface area contributed by atoms with Gasteiger partial charge in [0.1, 0.15) is 0 Å². The van der Waals surface area contributed by atoms with E-state index in [0.29, 0.717) is 10.8 Å². The van der Waals surface area contributed by atoms with Crippen LogP contribution in [0.1, 0.15) is 68.2 Å². The van der Waals surface area contributed by atoms with Crippen molar-refractivity contribution < 1.29 is 45.7 Å². The van der Waals surface area contributed by atoms with Crippen LogP contribution in [-0.2, 0) is 20.9 Å². The Morgan fingerprint density at radius 1 is 0.731 bits per heavy atom. The first-order valence-corrected chi connectivity index (χ1v) is 19.1. The summed E-state index contributed by atoms with van der Waals surface area (Å²) in [5.74, 6) is -0.617. The molecule has 0 aromatic rings. The molecule has 2 aliphatic rings. The molecule has 0 amide bonds. The van der Waals surface area contributed by atoms with Crippen molar-refractivity contribution >= 4 is 5.92 Å². The molecule has 0 atom stereocenters. The Labute approximate surface area is 183 Å². The Balaban J connectivity index is 0.00000312. The Bertz CT molecular complexity index is 599. The molecule has 0 saturated heterocycles. The minimum atomic E-state index is -1.66. The molecular weight excluding hydrogens is 454 g/mol. The molecule has 4 heteroatoms. The van der Waals surface area contributed by atoms with Crippen molar-refractivity contribution in [2.24, 2.45) is 10.8 Å². The van der Waals surface area contributed by atoms with Gasteiger partial charge in [0.25, 0.3) is 0 Å². The summed E-state index contributed by atoms with van der Waals surface area (Å²) in [6, 6.07) is 0. The summed E-state index contributed by atoms with van der Waals surface area (Å²) in [7, 11) is 0. The standard InChI is InChI=1S/2C10H15.C2H7Si.2ClH.Zr/c2*1-8-6-5-7-9(8)10(2,3)4;1-3-2;;;/h2*7H,5H2,1-4H3;3H,1-2H3;2*1H;/q;;;;;+2/p-2. The summed E-state index contributed by atoms with van der Waals surface area (Å²) < 4.78 is 3.86. The van der Waals surface area contributed by atoms with Gasteiger partial charge in [-0.2, -0.15) is 0 Å². The van der Waals surface area contributed by atoms with Crippen LogP contribution in [0.5, 0.6) is 0 Å². The molecule has 0 aliphatic heterocycles. The van der Waals surface area contributed by atoms with E-state index < -0.39 is 26.8 Å². The Morgan fingerprint density at radius 2 is 1.04 bits per heavy atom. The van der Waals surface area contributed by atoms with Crippen molar-refractivity contribution in [1.82, 2.24) is 0 Å². The van der Waals surface area contributed by atoms with E-state index in [0.717, 1.165) is 0 Å². The molecule has 0 radical (unpaired) electrons. The largest absolute Gasteiger partial charge is 1.00 e. The Kier molecular flexibility index (Phi) is 9.66. The molecule has 0 aromatic heterocycles. The SMILES string of the molecule is CC1=[C]([Zr+2]([C]2=C(C)C(C(C)(C)C)=CC2)[SiH](C)C)CC=C1C(C)(C)C.[Cl-].[Cl-]. The summed E-state index contributed by atoms with van der Waals surface area (Å²) in [4.78, 5) is 0. The van der Waals surface area contributed by atoms with Gasteiger partial charge in [0, 0.05) is 0 Å². The number of allylic oxidation sites excluding steroid dienone is 8. The van der Waals surface area contributed by atoms with Crippen molar-refractivity contribution in [3.8, 4) is 0 Å². The third kappa shape index (κ3) is 5.37. The van der Waals surface area contributed by atoms with Gasteiger partial charge in [0.2, 0.25) is 0 Å².